The first-order valence-corrected chi connectivity index (χ1v) is 13.1. The number of aromatic nitrogens is 2. The predicted octanol–water partition coefficient (Wildman–Crippen LogP) is 5.16. The van der Waals surface area contributed by atoms with Crippen LogP contribution in [-0.4, -0.2) is 59.2 Å². The first-order valence-electron chi connectivity index (χ1n) is 12.7. The van der Waals surface area contributed by atoms with Gasteiger partial charge in [0, 0.05) is 55.4 Å². The zero-order valence-electron chi connectivity index (χ0n) is 20.8. The van der Waals surface area contributed by atoms with E-state index in [0.29, 0.717) is 50.2 Å². The van der Waals surface area contributed by atoms with Crippen LogP contribution in [-0.2, 0) is 12.0 Å². The molecular weight excluding hydrogens is 503 g/mol. The molecule has 0 amide bonds. The summed E-state index contributed by atoms with van der Waals surface area (Å²) in [7, 11) is 0. The number of rotatable bonds is 9. The van der Waals surface area contributed by atoms with Gasteiger partial charge in [-0.05, 0) is 49.6 Å². The van der Waals surface area contributed by atoms with Crippen molar-refractivity contribution in [3.63, 3.8) is 0 Å². The lowest BCUT2D eigenvalue weighted by Crippen LogP contribution is -2.48. The van der Waals surface area contributed by atoms with Gasteiger partial charge in [-0.15, -0.1) is 0 Å². The molecule has 2 heterocycles. The second-order valence-corrected chi connectivity index (χ2v) is 10.4. The fourth-order valence-corrected chi connectivity index (χ4v) is 5.30. The highest BCUT2D eigenvalue weighted by Crippen LogP contribution is 2.47. The number of alkyl halides is 1. The van der Waals surface area contributed by atoms with E-state index in [-0.39, 0.29) is 16.5 Å². The summed E-state index contributed by atoms with van der Waals surface area (Å²) in [5, 5.41) is 8.34. The molecule has 5 rings (SSSR count). The molecule has 1 aromatic heterocycles. The predicted molar refractivity (Wildman–Crippen MR) is 135 cm³/mol. The van der Waals surface area contributed by atoms with Crippen LogP contribution in [0.3, 0.4) is 0 Å². The summed E-state index contributed by atoms with van der Waals surface area (Å²) in [6.45, 7) is 5.56. The van der Waals surface area contributed by atoms with Crippen molar-refractivity contribution in [3.05, 3.63) is 81.5 Å². The standard InChI is InChI=1S/C27H31ClF3N5O/c1-18-22(29)8-7-21(24(18)30)25(31)36-15-13-35(14-16-36)12-11-32-17-23-33-26(34-37-23)27(9-2-10-27)19-3-5-20(28)6-4-19/h3-8,25,32H,2,9-17H2,1H3. The number of nitrogens with one attached hydrogen (secondary N) is 1. The molecular formula is C27H31ClF3N5O. The molecule has 1 unspecified atom stereocenters. The molecule has 10 heteroatoms. The Morgan fingerprint density at radius 3 is 2.49 bits per heavy atom. The highest BCUT2D eigenvalue weighted by atomic mass is 35.5. The Balaban J connectivity index is 1.07. The third-order valence-corrected chi connectivity index (χ3v) is 7.97. The highest BCUT2D eigenvalue weighted by molar-refractivity contribution is 6.30. The molecule has 1 saturated carbocycles. The van der Waals surface area contributed by atoms with Crippen LogP contribution in [0.2, 0.25) is 5.02 Å². The number of hydrogen-bond donors (Lipinski definition) is 1. The average Bonchev–Trinajstić information content (AvgIpc) is 3.35. The highest BCUT2D eigenvalue weighted by Gasteiger charge is 2.44. The van der Waals surface area contributed by atoms with Crippen molar-refractivity contribution in [2.24, 2.45) is 0 Å². The fraction of sp³-hybridized carbons (Fsp3) is 0.481. The Kier molecular flexibility index (Phi) is 7.85. The molecule has 1 atom stereocenters. The van der Waals surface area contributed by atoms with Crippen molar-refractivity contribution in [3.8, 4) is 0 Å². The minimum Gasteiger partial charge on any atom is -0.338 e. The van der Waals surface area contributed by atoms with E-state index in [1.807, 2.05) is 24.3 Å². The number of hydrogen-bond acceptors (Lipinski definition) is 6. The third-order valence-electron chi connectivity index (χ3n) is 7.72. The van der Waals surface area contributed by atoms with Gasteiger partial charge in [-0.2, -0.15) is 4.98 Å². The maximum atomic E-state index is 15.0. The summed E-state index contributed by atoms with van der Waals surface area (Å²) in [5.41, 5.74) is 0.713. The molecule has 1 aliphatic carbocycles. The molecule has 2 aromatic carbocycles. The summed E-state index contributed by atoms with van der Waals surface area (Å²) in [4.78, 5) is 8.50. The summed E-state index contributed by atoms with van der Waals surface area (Å²) >= 11 is 6.06. The molecule has 1 saturated heterocycles. The monoisotopic (exact) mass is 533 g/mol. The molecule has 3 aromatic rings. The zero-order valence-corrected chi connectivity index (χ0v) is 21.6. The Hall–Kier alpha value is -2.46. The fourth-order valence-electron chi connectivity index (χ4n) is 5.17. The van der Waals surface area contributed by atoms with Crippen molar-refractivity contribution in [2.75, 3.05) is 39.3 Å². The second-order valence-electron chi connectivity index (χ2n) is 9.92. The van der Waals surface area contributed by atoms with E-state index in [2.05, 4.69) is 20.4 Å². The largest absolute Gasteiger partial charge is 0.338 e. The number of piperazine rings is 1. The van der Waals surface area contributed by atoms with Gasteiger partial charge in [0.15, 0.2) is 12.1 Å². The van der Waals surface area contributed by atoms with Crippen LogP contribution in [0.5, 0.6) is 0 Å². The molecule has 2 fully saturated rings. The third kappa shape index (κ3) is 5.41. The van der Waals surface area contributed by atoms with Crippen LogP contribution >= 0.6 is 11.6 Å². The maximum absolute atomic E-state index is 15.0. The molecule has 1 N–H and O–H groups in total. The Morgan fingerprint density at radius 1 is 1.08 bits per heavy atom. The van der Waals surface area contributed by atoms with Crippen molar-refractivity contribution in [1.29, 1.82) is 0 Å². The zero-order chi connectivity index (χ0) is 26.0. The second kappa shape index (κ2) is 11.1. The number of benzene rings is 2. The lowest BCUT2D eigenvalue weighted by Gasteiger charge is -2.39. The van der Waals surface area contributed by atoms with Crippen LogP contribution in [0.25, 0.3) is 0 Å². The van der Waals surface area contributed by atoms with Gasteiger partial charge in [-0.1, -0.05) is 35.3 Å². The van der Waals surface area contributed by atoms with Crippen molar-refractivity contribution < 1.29 is 17.7 Å². The Labute approximate surface area is 219 Å². The lowest BCUT2D eigenvalue weighted by molar-refractivity contribution is 0.0291. The smallest absolute Gasteiger partial charge is 0.240 e. The van der Waals surface area contributed by atoms with Gasteiger partial charge < -0.3 is 9.84 Å². The number of halogens is 4. The van der Waals surface area contributed by atoms with E-state index < -0.39 is 17.9 Å². The maximum Gasteiger partial charge on any atom is 0.240 e. The molecule has 198 valence electrons. The minimum absolute atomic E-state index is 0.104. The van der Waals surface area contributed by atoms with E-state index in [4.69, 9.17) is 16.1 Å². The van der Waals surface area contributed by atoms with Crippen molar-refractivity contribution in [2.45, 2.75) is 44.4 Å². The summed E-state index contributed by atoms with van der Waals surface area (Å²) in [6, 6.07) is 10.2. The normalized spacial score (nSPS) is 19.1. The van der Waals surface area contributed by atoms with Gasteiger partial charge in [0.05, 0.1) is 12.0 Å². The van der Waals surface area contributed by atoms with Crippen LogP contribution in [0.4, 0.5) is 13.2 Å². The van der Waals surface area contributed by atoms with Gasteiger partial charge in [-0.3, -0.25) is 9.80 Å². The van der Waals surface area contributed by atoms with Crippen molar-refractivity contribution >= 4 is 11.6 Å². The SMILES string of the molecule is Cc1c(F)ccc(C(F)N2CCN(CCNCc3nc(C4(c5ccc(Cl)cc5)CCC4)no3)CC2)c1F. The van der Waals surface area contributed by atoms with Gasteiger partial charge >= 0.3 is 0 Å². The van der Waals surface area contributed by atoms with Crippen LogP contribution < -0.4 is 5.32 Å². The Bertz CT molecular complexity index is 1210. The summed E-state index contributed by atoms with van der Waals surface area (Å²) < 4.78 is 48.3. The van der Waals surface area contributed by atoms with Gasteiger partial charge in [0.1, 0.15) is 11.6 Å². The minimum atomic E-state index is -1.59. The number of nitrogens with zero attached hydrogens (tertiary/aromatic N) is 4. The molecule has 1 aliphatic heterocycles. The van der Waals surface area contributed by atoms with Gasteiger partial charge in [0.25, 0.3) is 0 Å². The van der Waals surface area contributed by atoms with Gasteiger partial charge in [0.2, 0.25) is 5.89 Å². The van der Waals surface area contributed by atoms with Crippen molar-refractivity contribution in [1.82, 2.24) is 25.3 Å². The van der Waals surface area contributed by atoms with Crippen LogP contribution in [0, 0.1) is 18.6 Å². The molecule has 2 aliphatic rings. The first-order chi connectivity index (χ1) is 17.9. The molecule has 0 spiro atoms. The first kappa shape index (κ1) is 26.2. The molecule has 0 radical (unpaired) electrons. The average molecular weight is 534 g/mol. The topological polar surface area (TPSA) is 57.4 Å². The lowest BCUT2D eigenvalue weighted by atomic mass is 9.64. The van der Waals surface area contributed by atoms with Crippen LogP contribution in [0.1, 0.15) is 54.0 Å². The van der Waals surface area contributed by atoms with Crippen LogP contribution in [0.15, 0.2) is 40.9 Å². The van der Waals surface area contributed by atoms with E-state index in [0.717, 1.165) is 43.3 Å². The van der Waals surface area contributed by atoms with E-state index in [1.165, 1.54) is 13.0 Å². The van der Waals surface area contributed by atoms with Gasteiger partial charge in [-0.25, -0.2) is 13.2 Å². The molecule has 37 heavy (non-hydrogen) atoms. The van der Waals surface area contributed by atoms with E-state index in [1.54, 1.807) is 4.90 Å². The Morgan fingerprint density at radius 2 is 1.81 bits per heavy atom. The summed E-state index contributed by atoms with van der Waals surface area (Å²) in [5.74, 6) is -0.189. The quantitative estimate of drug-likeness (QED) is 0.303. The summed E-state index contributed by atoms with van der Waals surface area (Å²) in [6.07, 6.45) is 1.51. The van der Waals surface area contributed by atoms with E-state index >= 15 is 0 Å². The van der Waals surface area contributed by atoms with E-state index in [9.17, 15) is 13.2 Å². The molecule has 0 bridgehead atoms. The molecule has 6 nitrogen and oxygen atoms in total.